The third-order valence-electron chi connectivity index (χ3n) is 6.76. The van der Waals surface area contributed by atoms with Crippen LogP contribution in [-0.4, -0.2) is 0 Å². The third kappa shape index (κ3) is 6.33. The van der Waals surface area contributed by atoms with Crippen LogP contribution in [0.5, 0.6) is 0 Å². The van der Waals surface area contributed by atoms with E-state index in [-0.39, 0.29) is 0 Å². The Hall–Kier alpha value is 0. The van der Waals surface area contributed by atoms with E-state index in [2.05, 4.69) is 41.5 Å². The Balaban J connectivity index is 2.45. The first kappa shape index (κ1) is 19.0. The quantitative estimate of drug-likeness (QED) is 0.411. The highest BCUT2D eigenvalue weighted by Gasteiger charge is 2.27. The minimum Gasteiger partial charge on any atom is -0.0654 e. The molecule has 126 valence electrons. The normalized spacial score (nSPS) is 31.4. The van der Waals surface area contributed by atoms with Crippen LogP contribution in [-0.2, 0) is 0 Å². The molecule has 0 aromatic carbocycles. The highest BCUT2D eigenvalue weighted by Crippen LogP contribution is 2.38. The van der Waals surface area contributed by atoms with Gasteiger partial charge in [-0.25, -0.2) is 0 Å². The smallest absolute Gasteiger partial charge is 0.0388 e. The summed E-state index contributed by atoms with van der Waals surface area (Å²) in [5.74, 6) is 5.74. The Morgan fingerprint density at radius 2 is 1.48 bits per heavy atom. The van der Waals surface area contributed by atoms with Gasteiger partial charge in [0, 0.05) is 0 Å². The van der Waals surface area contributed by atoms with Gasteiger partial charge in [-0.1, -0.05) is 80.1 Å². The topological polar surface area (TPSA) is 0 Å². The summed E-state index contributed by atoms with van der Waals surface area (Å²) >= 11 is 0. The van der Waals surface area contributed by atoms with Crippen molar-refractivity contribution in [1.82, 2.24) is 0 Å². The van der Waals surface area contributed by atoms with Crippen molar-refractivity contribution >= 4 is 0 Å². The summed E-state index contributed by atoms with van der Waals surface area (Å²) in [4.78, 5) is 0. The van der Waals surface area contributed by atoms with Crippen LogP contribution in [0.15, 0.2) is 0 Å². The van der Waals surface area contributed by atoms with E-state index in [9.17, 15) is 0 Å². The fourth-order valence-electron chi connectivity index (χ4n) is 4.57. The van der Waals surface area contributed by atoms with Crippen molar-refractivity contribution < 1.29 is 0 Å². The monoisotopic (exact) mass is 294 g/mol. The zero-order valence-electron chi connectivity index (χ0n) is 15.8. The molecule has 21 heavy (non-hydrogen) atoms. The summed E-state index contributed by atoms with van der Waals surface area (Å²) in [5, 5.41) is 0. The van der Waals surface area contributed by atoms with Gasteiger partial charge in [0.15, 0.2) is 0 Å². The summed E-state index contributed by atoms with van der Waals surface area (Å²) in [6.45, 7) is 14.7. The molecule has 0 amide bonds. The van der Waals surface area contributed by atoms with E-state index in [4.69, 9.17) is 0 Å². The third-order valence-corrected chi connectivity index (χ3v) is 6.76. The van der Waals surface area contributed by atoms with Gasteiger partial charge in [-0.3, -0.25) is 0 Å². The fourth-order valence-corrected chi connectivity index (χ4v) is 4.57. The molecule has 1 saturated carbocycles. The van der Waals surface area contributed by atoms with E-state index in [0.717, 1.165) is 35.5 Å². The van der Waals surface area contributed by atoms with Crippen molar-refractivity contribution in [2.75, 3.05) is 0 Å². The molecule has 0 N–H and O–H groups in total. The molecule has 0 heteroatoms. The Kier molecular flexibility index (Phi) is 8.98. The maximum Gasteiger partial charge on any atom is -0.0388 e. The fraction of sp³-hybridized carbons (Fsp3) is 1.00. The van der Waals surface area contributed by atoms with Crippen molar-refractivity contribution in [2.24, 2.45) is 35.5 Å². The van der Waals surface area contributed by atoms with Crippen molar-refractivity contribution in [3.63, 3.8) is 0 Å². The molecule has 0 aromatic rings. The van der Waals surface area contributed by atoms with Crippen LogP contribution in [0.3, 0.4) is 0 Å². The standard InChI is InChI=1S/C21H42/c1-7-9-10-20(8-2)18(5)15-19(6)21-13-11-16(3)17(4)12-14-21/h16-21H,7-15H2,1-6H3. The van der Waals surface area contributed by atoms with Crippen LogP contribution >= 0.6 is 0 Å². The molecule has 1 aliphatic carbocycles. The van der Waals surface area contributed by atoms with Crippen LogP contribution in [0.25, 0.3) is 0 Å². The lowest BCUT2D eigenvalue weighted by Crippen LogP contribution is -2.19. The van der Waals surface area contributed by atoms with Gasteiger partial charge in [-0.15, -0.1) is 0 Å². The van der Waals surface area contributed by atoms with Crippen molar-refractivity contribution in [2.45, 2.75) is 99.3 Å². The van der Waals surface area contributed by atoms with Crippen LogP contribution in [0.1, 0.15) is 99.3 Å². The van der Waals surface area contributed by atoms with Gasteiger partial charge < -0.3 is 0 Å². The highest BCUT2D eigenvalue weighted by atomic mass is 14.3. The lowest BCUT2D eigenvalue weighted by Gasteiger charge is -2.29. The minimum absolute atomic E-state index is 0.926. The average molecular weight is 295 g/mol. The van der Waals surface area contributed by atoms with Crippen molar-refractivity contribution in [3.05, 3.63) is 0 Å². The van der Waals surface area contributed by atoms with E-state index in [0.29, 0.717) is 0 Å². The predicted octanol–water partition coefficient (Wildman–Crippen LogP) is 7.33. The van der Waals surface area contributed by atoms with Gasteiger partial charge in [0.1, 0.15) is 0 Å². The van der Waals surface area contributed by atoms with Gasteiger partial charge in [0.25, 0.3) is 0 Å². The first-order valence-electron chi connectivity index (χ1n) is 9.99. The lowest BCUT2D eigenvalue weighted by molar-refractivity contribution is 0.213. The van der Waals surface area contributed by atoms with Gasteiger partial charge in [-0.2, -0.15) is 0 Å². The summed E-state index contributed by atoms with van der Waals surface area (Å²) in [5.41, 5.74) is 0. The number of hydrogen-bond acceptors (Lipinski definition) is 0. The Morgan fingerprint density at radius 1 is 0.905 bits per heavy atom. The maximum absolute atomic E-state index is 2.55. The summed E-state index contributed by atoms with van der Waals surface area (Å²) in [6.07, 6.45) is 13.0. The van der Waals surface area contributed by atoms with Gasteiger partial charge in [-0.05, 0) is 54.8 Å². The summed E-state index contributed by atoms with van der Waals surface area (Å²) < 4.78 is 0. The van der Waals surface area contributed by atoms with Gasteiger partial charge >= 0.3 is 0 Å². The molecule has 1 fully saturated rings. The highest BCUT2D eigenvalue weighted by molar-refractivity contribution is 4.78. The molecule has 0 nitrogen and oxygen atoms in total. The molecule has 0 bridgehead atoms. The van der Waals surface area contributed by atoms with Crippen LogP contribution in [0.4, 0.5) is 0 Å². The molecular formula is C21H42. The minimum atomic E-state index is 0.926. The maximum atomic E-state index is 2.55. The second kappa shape index (κ2) is 9.90. The first-order chi connectivity index (χ1) is 9.99. The molecule has 0 aromatic heterocycles. The molecule has 5 atom stereocenters. The molecule has 5 unspecified atom stereocenters. The van der Waals surface area contributed by atoms with Crippen molar-refractivity contribution in [3.8, 4) is 0 Å². The van der Waals surface area contributed by atoms with Gasteiger partial charge in [0.2, 0.25) is 0 Å². The zero-order chi connectivity index (χ0) is 15.8. The van der Waals surface area contributed by atoms with Crippen LogP contribution < -0.4 is 0 Å². The van der Waals surface area contributed by atoms with Gasteiger partial charge in [0.05, 0.1) is 0 Å². The van der Waals surface area contributed by atoms with E-state index in [1.807, 2.05) is 0 Å². The Labute approximate surface area is 135 Å². The molecule has 0 aliphatic heterocycles. The van der Waals surface area contributed by atoms with E-state index in [1.165, 1.54) is 57.8 Å². The molecule has 0 radical (unpaired) electrons. The summed E-state index contributed by atoms with van der Waals surface area (Å²) in [6, 6.07) is 0. The Bertz CT molecular complexity index is 245. The van der Waals surface area contributed by atoms with E-state index < -0.39 is 0 Å². The van der Waals surface area contributed by atoms with Crippen LogP contribution in [0, 0.1) is 35.5 Å². The molecule has 1 aliphatic rings. The Morgan fingerprint density at radius 3 is 1.95 bits per heavy atom. The molecule has 0 saturated heterocycles. The lowest BCUT2D eigenvalue weighted by atomic mass is 9.76. The van der Waals surface area contributed by atoms with Crippen molar-refractivity contribution in [1.29, 1.82) is 0 Å². The number of rotatable bonds is 8. The predicted molar refractivity (Wildman–Crippen MR) is 96.5 cm³/mol. The first-order valence-corrected chi connectivity index (χ1v) is 9.99. The molecule has 1 rings (SSSR count). The second-order valence-electron chi connectivity index (χ2n) is 8.37. The van der Waals surface area contributed by atoms with Crippen LogP contribution in [0.2, 0.25) is 0 Å². The average Bonchev–Trinajstić information content (AvgIpc) is 2.62. The number of unbranched alkanes of at least 4 members (excludes halogenated alkanes) is 1. The van der Waals surface area contributed by atoms with E-state index in [1.54, 1.807) is 0 Å². The molecular weight excluding hydrogens is 252 g/mol. The second-order valence-corrected chi connectivity index (χ2v) is 8.37. The number of hydrogen-bond donors (Lipinski definition) is 0. The molecule has 0 heterocycles. The zero-order valence-corrected chi connectivity index (χ0v) is 15.8. The largest absolute Gasteiger partial charge is 0.0654 e. The van der Waals surface area contributed by atoms with E-state index >= 15 is 0 Å². The summed E-state index contributed by atoms with van der Waals surface area (Å²) in [7, 11) is 0. The molecule has 0 spiro atoms. The SMILES string of the molecule is CCCCC(CC)C(C)CC(C)C1CCC(C)C(C)CC1.